The minimum absolute atomic E-state index is 0.000790. The molecular weight excluding hydrogens is 250 g/mol. The number of nitrogens with one attached hydrogen (secondary N) is 1. The summed E-state index contributed by atoms with van der Waals surface area (Å²) in [6.45, 7) is 0.500. The number of hydrogen-bond donors (Lipinski definition) is 1. The number of aromatic amines is 1. The topological polar surface area (TPSA) is 49.0 Å². The maximum atomic E-state index is 12.5. The van der Waals surface area contributed by atoms with Gasteiger partial charge in [0.1, 0.15) is 0 Å². The van der Waals surface area contributed by atoms with E-state index in [0.717, 1.165) is 16.6 Å². The van der Waals surface area contributed by atoms with E-state index in [1.54, 1.807) is 18.1 Å². The first kappa shape index (κ1) is 12.4. The van der Waals surface area contributed by atoms with Gasteiger partial charge in [-0.25, -0.2) is 0 Å². The number of amides is 1. The Morgan fingerprint density at radius 1 is 1.20 bits per heavy atom. The van der Waals surface area contributed by atoms with Gasteiger partial charge in [-0.15, -0.1) is 0 Å². The Morgan fingerprint density at radius 3 is 2.90 bits per heavy atom. The highest BCUT2D eigenvalue weighted by Crippen LogP contribution is 2.19. The smallest absolute Gasteiger partial charge is 0.254 e. The number of H-pyrrole nitrogens is 1. The summed E-state index contributed by atoms with van der Waals surface area (Å²) in [5.41, 5.74) is 2.56. The molecule has 2 aromatic heterocycles. The van der Waals surface area contributed by atoms with Crippen molar-refractivity contribution in [2.45, 2.75) is 6.54 Å². The molecule has 0 saturated carbocycles. The van der Waals surface area contributed by atoms with Crippen molar-refractivity contribution in [3.05, 3.63) is 66.1 Å². The number of pyridine rings is 1. The van der Waals surface area contributed by atoms with Crippen molar-refractivity contribution < 1.29 is 4.79 Å². The highest BCUT2D eigenvalue weighted by atomic mass is 16.2. The molecule has 1 N–H and O–H groups in total. The van der Waals surface area contributed by atoms with Crippen LogP contribution in [-0.2, 0) is 6.54 Å². The van der Waals surface area contributed by atoms with Gasteiger partial charge in [0.2, 0.25) is 0 Å². The summed E-state index contributed by atoms with van der Waals surface area (Å²) in [6, 6.07) is 13.3. The van der Waals surface area contributed by atoms with Gasteiger partial charge in [-0.3, -0.25) is 9.78 Å². The van der Waals surface area contributed by atoms with Gasteiger partial charge in [0.15, 0.2) is 0 Å². The highest BCUT2D eigenvalue weighted by molar-refractivity contribution is 6.06. The van der Waals surface area contributed by atoms with Crippen LogP contribution in [-0.4, -0.2) is 27.8 Å². The molecule has 0 radical (unpaired) electrons. The average Bonchev–Trinajstić information content (AvgIpc) is 2.96. The first-order valence-electron chi connectivity index (χ1n) is 6.47. The van der Waals surface area contributed by atoms with Gasteiger partial charge >= 0.3 is 0 Å². The van der Waals surface area contributed by atoms with Crippen molar-refractivity contribution in [3.63, 3.8) is 0 Å². The molecule has 0 aliphatic heterocycles. The van der Waals surface area contributed by atoms with Crippen molar-refractivity contribution in [2.24, 2.45) is 0 Å². The first-order chi connectivity index (χ1) is 9.75. The van der Waals surface area contributed by atoms with E-state index >= 15 is 0 Å². The van der Waals surface area contributed by atoms with Crippen LogP contribution in [0, 0.1) is 0 Å². The normalized spacial score (nSPS) is 10.7. The second kappa shape index (κ2) is 5.17. The lowest BCUT2D eigenvalue weighted by atomic mass is 10.1. The molecule has 0 fully saturated rings. The van der Waals surface area contributed by atoms with Crippen molar-refractivity contribution in [2.75, 3.05) is 7.05 Å². The Morgan fingerprint density at radius 2 is 2.10 bits per heavy atom. The molecule has 4 heteroatoms. The van der Waals surface area contributed by atoms with Gasteiger partial charge in [0.05, 0.1) is 12.2 Å². The van der Waals surface area contributed by atoms with Crippen LogP contribution in [0.15, 0.2) is 54.9 Å². The summed E-state index contributed by atoms with van der Waals surface area (Å²) in [5, 5.41) is 0.949. The van der Waals surface area contributed by atoms with Gasteiger partial charge < -0.3 is 9.88 Å². The van der Waals surface area contributed by atoms with Crippen LogP contribution in [0.1, 0.15) is 16.1 Å². The lowest BCUT2D eigenvalue weighted by Crippen LogP contribution is -2.26. The van der Waals surface area contributed by atoms with E-state index in [1.807, 2.05) is 48.7 Å². The highest BCUT2D eigenvalue weighted by Gasteiger charge is 2.15. The summed E-state index contributed by atoms with van der Waals surface area (Å²) in [6.07, 6.45) is 3.58. The lowest BCUT2D eigenvalue weighted by molar-refractivity contribution is 0.0785. The Kier molecular flexibility index (Phi) is 3.21. The number of rotatable bonds is 3. The number of carbonyl (C=O) groups is 1. The minimum atomic E-state index is 0.000790. The fourth-order valence-electron chi connectivity index (χ4n) is 2.28. The molecule has 0 aliphatic rings. The van der Waals surface area contributed by atoms with Crippen LogP contribution < -0.4 is 0 Å². The van der Waals surface area contributed by atoms with Gasteiger partial charge in [0.25, 0.3) is 5.91 Å². The lowest BCUT2D eigenvalue weighted by Gasteiger charge is -2.17. The van der Waals surface area contributed by atoms with Gasteiger partial charge in [0, 0.05) is 35.9 Å². The zero-order chi connectivity index (χ0) is 13.9. The second-order valence-corrected chi connectivity index (χ2v) is 4.73. The van der Waals surface area contributed by atoms with Crippen LogP contribution in [0.5, 0.6) is 0 Å². The summed E-state index contributed by atoms with van der Waals surface area (Å²) in [4.78, 5) is 21.6. The monoisotopic (exact) mass is 265 g/mol. The van der Waals surface area contributed by atoms with E-state index in [-0.39, 0.29) is 5.91 Å². The Bertz CT molecular complexity index is 734. The third kappa shape index (κ3) is 2.28. The van der Waals surface area contributed by atoms with Crippen LogP contribution in [0.3, 0.4) is 0 Å². The van der Waals surface area contributed by atoms with Crippen molar-refractivity contribution in [1.29, 1.82) is 0 Å². The van der Waals surface area contributed by atoms with E-state index < -0.39 is 0 Å². The Balaban J connectivity index is 1.87. The van der Waals surface area contributed by atoms with Crippen molar-refractivity contribution >= 4 is 16.8 Å². The molecule has 0 bridgehead atoms. The molecule has 0 spiro atoms. The average molecular weight is 265 g/mol. The SMILES string of the molecule is CN(Cc1ccccn1)C(=O)c1cccc2[nH]ccc12. The third-order valence-electron chi connectivity index (χ3n) is 3.30. The zero-order valence-corrected chi connectivity index (χ0v) is 11.2. The Labute approximate surface area is 117 Å². The van der Waals surface area contributed by atoms with E-state index in [1.165, 1.54) is 0 Å². The maximum absolute atomic E-state index is 12.5. The summed E-state index contributed by atoms with van der Waals surface area (Å²) < 4.78 is 0. The molecule has 2 heterocycles. The number of fused-ring (bicyclic) bond motifs is 1. The van der Waals surface area contributed by atoms with Crippen molar-refractivity contribution in [3.8, 4) is 0 Å². The van der Waals surface area contributed by atoms with E-state index in [2.05, 4.69) is 9.97 Å². The predicted molar refractivity (Wildman–Crippen MR) is 78.3 cm³/mol. The molecule has 0 unspecified atom stereocenters. The molecular formula is C16H15N3O. The summed E-state index contributed by atoms with van der Waals surface area (Å²) >= 11 is 0. The van der Waals surface area contributed by atoms with Gasteiger partial charge in [-0.1, -0.05) is 12.1 Å². The first-order valence-corrected chi connectivity index (χ1v) is 6.47. The molecule has 4 nitrogen and oxygen atoms in total. The molecule has 0 atom stereocenters. The number of carbonyl (C=O) groups excluding carboxylic acids is 1. The molecule has 1 aromatic carbocycles. The van der Waals surface area contributed by atoms with Crippen LogP contribution in [0.25, 0.3) is 10.9 Å². The van der Waals surface area contributed by atoms with Crippen LogP contribution in [0.2, 0.25) is 0 Å². The van der Waals surface area contributed by atoms with Gasteiger partial charge in [-0.2, -0.15) is 0 Å². The quantitative estimate of drug-likeness (QED) is 0.791. The fraction of sp³-hybridized carbons (Fsp3) is 0.125. The van der Waals surface area contributed by atoms with Crippen LogP contribution in [0.4, 0.5) is 0 Å². The molecule has 3 rings (SSSR count). The second-order valence-electron chi connectivity index (χ2n) is 4.73. The number of benzene rings is 1. The largest absolute Gasteiger partial charge is 0.361 e. The molecule has 3 aromatic rings. The van der Waals surface area contributed by atoms with E-state index in [0.29, 0.717) is 12.1 Å². The number of aromatic nitrogens is 2. The fourth-order valence-corrected chi connectivity index (χ4v) is 2.28. The molecule has 100 valence electrons. The predicted octanol–water partition coefficient (Wildman–Crippen LogP) is 2.84. The zero-order valence-electron chi connectivity index (χ0n) is 11.2. The number of hydrogen-bond acceptors (Lipinski definition) is 2. The molecule has 0 aliphatic carbocycles. The number of nitrogens with zero attached hydrogens (tertiary/aromatic N) is 2. The summed E-state index contributed by atoms with van der Waals surface area (Å²) in [7, 11) is 1.79. The molecule has 1 amide bonds. The van der Waals surface area contributed by atoms with E-state index in [4.69, 9.17) is 0 Å². The van der Waals surface area contributed by atoms with Gasteiger partial charge in [-0.05, 0) is 30.3 Å². The van der Waals surface area contributed by atoms with Crippen molar-refractivity contribution in [1.82, 2.24) is 14.9 Å². The maximum Gasteiger partial charge on any atom is 0.254 e. The minimum Gasteiger partial charge on any atom is -0.361 e. The summed E-state index contributed by atoms with van der Waals surface area (Å²) in [5.74, 6) is 0.000790. The Hall–Kier alpha value is -2.62. The molecule has 0 saturated heterocycles. The molecule has 20 heavy (non-hydrogen) atoms. The standard InChI is InChI=1S/C16H15N3O/c1-19(11-12-5-2-3-9-17-12)16(20)14-6-4-7-15-13(14)8-10-18-15/h2-10,18H,11H2,1H3. The van der Waals surface area contributed by atoms with Crippen LogP contribution >= 0.6 is 0 Å². The van der Waals surface area contributed by atoms with E-state index in [9.17, 15) is 4.79 Å². The third-order valence-corrected chi connectivity index (χ3v) is 3.30.